The molecule has 0 atom stereocenters. The fourth-order valence-electron chi connectivity index (χ4n) is 1.36. The van der Waals surface area contributed by atoms with Crippen molar-refractivity contribution < 1.29 is 23.0 Å². The highest BCUT2D eigenvalue weighted by atomic mass is 19.3. The van der Waals surface area contributed by atoms with Gasteiger partial charge in [0.15, 0.2) is 11.5 Å². The zero-order chi connectivity index (χ0) is 12.5. The summed E-state index contributed by atoms with van der Waals surface area (Å²) >= 11 is 0. The first-order valence-electron chi connectivity index (χ1n) is 4.79. The second-order valence-corrected chi connectivity index (χ2v) is 3.37. The Morgan fingerprint density at radius 2 is 2.12 bits per heavy atom. The quantitative estimate of drug-likeness (QED) is 0.821. The Balaban J connectivity index is 2.08. The summed E-state index contributed by atoms with van der Waals surface area (Å²) in [5.74, 6) is -0.401. The predicted molar refractivity (Wildman–Crippen MR) is 54.7 cm³/mol. The van der Waals surface area contributed by atoms with Crippen LogP contribution in [0.5, 0.6) is 11.5 Å². The summed E-state index contributed by atoms with van der Waals surface area (Å²) < 4.78 is 33.9. The van der Waals surface area contributed by atoms with Crippen molar-refractivity contribution in [1.29, 1.82) is 0 Å². The summed E-state index contributed by atoms with van der Waals surface area (Å²) in [6.07, 6.45) is -2.49. The number of alkyl halides is 2. The normalized spacial score (nSPS) is 15.4. The summed E-state index contributed by atoms with van der Waals surface area (Å²) in [7, 11) is 0. The molecule has 90 valence electrons. The fraction of sp³-hybridized carbons (Fsp3) is 0.182. The standard InChI is InChI=1S/C11H9F2NO3/c1-2-10(15)14-6-7-3-4-8-9(5-7)17-11(12,13)16-8/h2-5H,1,6H2,(H,14,15). The van der Waals surface area contributed by atoms with Crippen LogP contribution in [0.2, 0.25) is 0 Å². The minimum absolute atomic E-state index is 0.0196. The third-order valence-corrected chi connectivity index (χ3v) is 2.12. The van der Waals surface area contributed by atoms with Crippen molar-refractivity contribution in [3.05, 3.63) is 36.4 Å². The van der Waals surface area contributed by atoms with Crippen LogP contribution in [0.15, 0.2) is 30.9 Å². The lowest BCUT2D eigenvalue weighted by atomic mass is 10.2. The number of carbonyl (C=O) groups is 1. The van der Waals surface area contributed by atoms with Crippen molar-refractivity contribution in [3.8, 4) is 11.5 Å². The lowest BCUT2D eigenvalue weighted by molar-refractivity contribution is -0.286. The summed E-state index contributed by atoms with van der Waals surface area (Å²) in [5, 5.41) is 2.52. The van der Waals surface area contributed by atoms with Crippen LogP contribution in [0.1, 0.15) is 5.56 Å². The number of rotatable bonds is 3. The number of fused-ring (bicyclic) bond motifs is 1. The second kappa shape index (κ2) is 4.04. The Morgan fingerprint density at radius 3 is 2.82 bits per heavy atom. The number of benzene rings is 1. The summed E-state index contributed by atoms with van der Waals surface area (Å²) in [4.78, 5) is 10.9. The van der Waals surface area contributed by atoms with Gasteiger partial charge in [0.05, 0.1) is 0 Å². The smallest absolute Gasteiger partial charge is 0.395 e. The highest BCUT2D eigenvalue weighted by Gasteiger charge is 2.43. The third kappa shape index (κ3) is 2.52. The van der Waals surface area contributed by atoms with Crippen LogP contribution >= 0.6 is 0 Å². The van der Waals surface area contributed by atoms with Crippen LogP contribution in [0.4, 0.5) is 8.78 Å². The van der Waals surface area contributed by atoms with Crippen molar-refractivity contribution in [2.75, 3.05) is 0 Å². The SMILES string of the molecule is C=CC(=O)NCc1ccc2c(c1)OC(F)(F)O2. The van der Waals surface area contributed by atoms with E-state index in [9.17, 15) is 13.6 Å². The van der Waals surface area contributed by atoms with Crippen LogP contribution in [-0.4, -0.2) is 12.2 Å². The predicted octanol–water partition coefficient (Wildman–Crippen LogP) is 1.81. The van der Waals surface area contributed by atoms with Gasteiger partial charge >= 0.3 is 6.29 Å². The molecule has 0 aromatic heterocycles. The molecular weight excluding hydrogens is 232 g/mol. The zero-order valence-corrected chi connectivity index (χ0v) is 8.70. The molecule has 0 spiro atoms. The molecule has 17 heavy (non-hydrogen) atoms. The lowest BCUT2D eigenvalue weighted by Crippen LogP contribution is -2.25. The fourth-order valence-corrected chi connectivity index (χ4v) is 1.36. The van der Waals surface area contributed by atoms with Gasteiger partial charge in [-0.3, -0.25) is 4.79 Å². The van der Waals surface area contributed by atoms with Gasteiger partial charge in [0, 0.05) is 6.54 Å². The van der Waals surface area contributed by atoms with Crippen LogP contribution in [0.25, 0.3) is 0 Å². The highest BCUT2D eigenvalue weighted by molar-refractivity contribution is 5.86. The molecule has 1 amide bonds. The number of carbonyl (C=O) groups excluding carboxylic acids is 1. The van der Waals surface area contributed by atoms with E-state index in [4.69, 9.17) is 0 Å². The van der Waals surface area contributed by atoms with Crippen molar-refractivity contribution in [2.45, 2.75) is 12.8 Å². The van der Waals surface area contributed by atoms with E-state index in [1.807, 2.05) is 0 Å². The second-order valence-electron chi connectivity index (χ2n) is 3.37. The molecule has 1 aliphatic heterocycles. The Bertz CT molecular complexity index is 474. The maximum atomic E-state index is 12.7. The van der Waals surface area contributed by atoms with Gasteiger partial charge in [-0.25, -0.2) is 0 Å². The Hall–Kier alpha value is -2.11. The van der Waals surface area contributed by atoms with Gasteiger partial charge in [-0.05, 0) is 23.8 Å². The molecule has 0 radical (unpaired) electrons. The number of hydrogen-bond donors (Lipinski definition) is 1. The molecule has 0 saturated carbocycles. The van der Waals surface area contributed by atoms with E-state index in [2.05, 4.69) is 21.4 Å². The van der Waals surface area contributed by atoms with Crippen molar-refractivity contribution in [3.63, 3.8) is 0 Å². The minimum atomic E-state index is -3.62. The van der Waals surface area contributed by atoms with E-state index in [0.717, 1.165) is 6.08 Å². The lowest BCUT2D eigenvalue weighted by Gasteiger charge is -2.04. The maximum Gasteiger partial charge on any atom is 0.586 e. The third-order valence-electron chi connectivity index (χ3n) is 2.12. The van der Waals surface area contributed by atoms with E-state index in [1.54, 1.807) is 6.07 Å². The van der Waals surface area contributed by atoms with Crippen molar-refractivity contribution in [1.82, 2.24) is 5.32 Å². The van der Waals surface area contributed by atoms with Gasteiger partial charge in [-0.2, -0.15) is 0 Å². The first-order valence-corrected chi connectivity index (χ1v) is 4.79. The first-order chi connectivity index (χ1) is 8.00. The van der Waals surface area contributed by atoms with Gasteiger partial charge < -0.3 is 14.8 Å². The molecule has 0 saturated heterocycles. The maximum absolute atomic E-state index is 12.7. The molecule has 0 fully saturated rings. The average Bonchev–Trinajstić information content (AvgIpc) is 2.58. The van der Waals surface area contributed by atoms with E-state index >= 15 is 0 Å². The molecule has 1 N–H and O–H groups in total. The molecule has 4 nitrogen and oxygen atoms in total. The van der Waals surface area contributed by atoms with Crippen LogP contribution in [-0.2, 0) is 11.3 Å². The van der Waals surface area contributed by atoms with Gasteiger partial charge in [0.2, 0.25) is 5.91 Å². The molecule has 1 aromatic rings. The molecular formula is C11H9F2NO3. The van der Waals surface area contributed by atoms with E-state index < -0.39 is 6.29 Å². The summed E-state index contributed by atoms with van der Waals surface area (Å²) in [6, 6.07) is 4.32. The highest BCUT2D eigenvalue weighted by Crippen LogP contribution is 2.41. The Kier molecular flexibility index (Phi) is 2.71. The van der Waals surface area contributed by atoms with Crippen molar-refractivity contribution >= 4 is 5.91 Å². The van der Waals surface area contributed by atoms with Crippen molar-refractivity contribution in [2.24, 2.45) is 0 Å². The Labute approximate surface area is 95.8 Å². The molecule has 0 bridgehead atoms. The van der Waals surface area contributed by atoms with Gasteiger partial charge in [-0.1, -0.05) is 12.6 Å². The molecule has 6 heteroatoms. The topological polar surface area (TPSA) is 47.6 Å². The number of hydrogen-bond acceptors (Lipinski definition) is 3. The van der Waals surface area contributed by atoms with Gasteiger partial charge in [0.1, 0.15) is 0 Å². The minimum Gasteiger partial charge on any atom is -0.395 e. The Morgan fingerprint density at radius 1 is 1.41 bits per heavy atom. The molecule has 2 rings (SSSR count). The van der Waals surface area contributed by atoms with E-state index in [-0.39, 0.29) is 24.0 Å². The zero-order valence-electron chi connectivity index (χ0n) is 8.70. The van der Waals surface area contributed by atoms with Gasteiger partial charge in [-0.15, -0.1) is 8.78 Å². The number of ether oxygens (including phenoxy) is 2. The van der Waals surface area contributed by atoms with Crippen LogP contribution < -0.4 is 14.8 Å². The van der Waals surface area contributed by atoms with Gasteiger partial charge in [0.25, 0.3) is 0 Å². The largest absolute Gasteiger partial charge is 0.586 e. The molecule has 1 heterocycles. The average molecular weight is 241 g/mol. The monoisotopic (exact) mass is 241 g/mol. The number of amides is 1. The first kappa shape index (κ1) is 11.4. The summed E-state index contributed by atoms with van der Waals surface area (Å²) in [5.41, 5.74) is 0.625. The van der Waals surface area contributed by atoms with E-state index in [0.29, 0.717) is 5.56 Å². The summed E-state index contributed by atoms with van der Waals surface area (Å²) in [6.45, 7) is 3.50. The molecule has 1 aliphatic rings. The van der Waals surface area contributed by atoms with Crippen LogP contribution in [0.3, 0.4) is 0 Å². The number of nitrogens with one attached hydrogen (secondary N) is 1. The molecule has 1 aromatic carbocycles. The van der Waals surface area contributed by atoms with Crippen LogP contribution in [0, 0.1) is 0 Å². The number of halogens is 2. The van der Waals surface area contributed by atoms with E-state index in [1.165, 1.54) is 12.1 Å². The molecule has 0 aliphatic carbocycles. The molecule has 0 unspecified atom stereocenters.